The van der Waals surface area contributed by atoms with Crippen LogP contribution in [0, 0.1) is 6.92 Å². The quantitative estimate of drug-likeness (QED) is 0.0894. The predicted octanol–water partition coefficient (Wildman–Crippen LogP) is 11.4. The lowest BCUT2D eigenvalue weighted by atomic mass is 10.2. The van der Waals surface area contributed by atoms with Gasteiger partial charge in [-0.05, 0) is 30.7 Å². The molecule has 0 saturated carbocycles. The van der Waals surface area contributed by atoms with Gasteiger partial charge < -0.3 is 0 Å². The van der Waals surface area contributed by atoms with Gasteiger partial charge in [-0.15, -0.1) is 0 Å². The van der Waals surface area contributed by atoms with E-state index in [1.54, 1.807) is 0 Å². The van der Waals surface area contributed by atoms with Gasteiger partial charge in [-0.3, -0.25) is 9.74 Å². The predicted molar refractivity (Wildman–Crippen MR) is 261 cm³/mol. The maximum Gasteiger partial charge on any atom is 0.164 e. The van der Waals surface area contributed by atoms with E-state index in [-0.39, 0.29) is 0 Å². The molecule has 8 aromatic carbocycles. The van der Waals surface area contributed by atoms with Crippen LogP contribution in [0.1, 0.15) is 16.8 Å². The second-order valence-corrected chi connectivity index (χ2v) is 20.7. The monoisotopic (exact) mass is 825 g/mol. The minimum Gasteiger partial charge on any atom is -0.288 e. The van der Waals surface area contributed by atoms with E-state index in [1.807, 2.05) is 29.1 Å². The van der Waals surface area contributed by atoms with Crippen LogP contribution >= 0.6 is 14.1 Å². The van der Waals surface area contributed by atoms with Gasteiger partial charge in [0.25, 0.3) is 0 Å². The lowest BCUT2D eigenvalue weighted by Gasteiger charge is -2.27. The minimum absolute atomic E-state index is 0.420. The van der Waals surface area contributed by atoms with Crippen LogP contribution < -0.4 is 31.8 Å². The molecule has 1 heterocycles. The van der Waals surface area contributed by atoms with E-state index in [0.29, 0.717) is 6.54 Å². The van der Waals surface area contributed by atoms with Crippen molar-refractivity contribution in [3.63, 3.8) is 0 Å². The Kier molecular flexibility index (Phi) is 11.8. The molecule has 7 heteroatoms. The van der Waals surface area contributed by atoms with Crippen LogP contribution in [0.25, 0.3) is 5.69 Å². The summed E-state index contributed by atoms with van der Waals surface area (Å²) in [6, 6.07) is 83.1. The van der Waals surface area contributed by atoms with Crippen LogP contribution in [0.2, 0.25) is 0 Å². The van der Waals surface area contributed by atoms with E-state index < -0.39 is 14.1 Å². The molecule has 0 amide bonds. The van der Waals surface area contributed by atoms with E-state index >= 15 is 0 Å². The SMILES string of the molecule is Cc1nn(-c2ccccc2)c(N=P(c2ccccc2)(c2ccccc2)c2ccccc2)c1C=NCc1ccccc1N=P(c1ccccc1)(c1ccccc1)c1ccccc1. The molecule has 0 N–H and O–H groups in total. The molecule has 5 nitrogen and oxygen atoms in total. The van der Waals surface area contributed by atoms with E-state index in [1.165, 1.54) is 15.9 Å². The second-order valence-electron chi connectivity index (χ2n) is 14.7. The van der Waals surface area contributed by atoms with Gasteiger partial charge in [-0.2, -0.15) is 5.10 Å². The highest BCUT2D eigenvalue weighted by Gasteiger charge is 2.30. The van der Waals surface area contributed by atoms with Crippen LogP contribution in [0.3, 0.4) is 0 Å². The summed E-state index contributed by atoms with van der Waals surface area (Å²) in [4.78, 5) is 5.22. The number of aromatic nitrogens is 2. The summed E-state index contributed by atoms with van der Waals surface area (Å²) in [7, 11) is -5.16. The molecule has 0 bridgehead atoms. The zero-order valence-electron chi connectivity index (χ0n) is 33.9. The second kappa shape index (κ2) is 18.2. The first-order valence-corrected chi connectivity index (χ1v) is 24.0. The molecule has 1 aromatic heterocycles. The van der Waals surface area contributed by atoms with Gasteiger partial charge in [-0.1, -0.05) is 218 Å². The molecule has 0 unspecified atom stereocenters. The Balaban J connectivity index is 1.24. The van der Waals surface area contributed by atoms with Crippen molar-refractivity contribution in [1.29, 1.82) is 0 Å². The Labute approximate surface area is 358 Å². The first-order chi connectivity index (χ1) is 30.2. The molecule has 0 atom stereocenters. The molecule has 296 valence electrons. The maximum atomic E-state index is 6.00. The van der Waals surface area contributed by atoms with Crippen molar-refractivity contribution in [3.05, 3.63) is 253 Å². The lowest BCUT2D eigenvalue weighted by molar-refractivity contribution is 0.864. The minimum atomic E-state index is -2.65. The van der Waals surface area contributed by atoms with Gasteiger partial charge in [0.15, 0.2) is 5.82 Å². The smallest absolute Gasteiger partial charge is 0.164 e. The average Bonchev–Trinajstić information content (AvgIpc) is 3.65. The topological polar surface area (TPSA) is 54.9 Å². The fourth-order valence-electron chi connectivity index (χ4n) is 7.91. The van der Waals surface area contributed by atoms with Crippen molar-refractivity contribution in [1.82, 2.24) is 9.78 Å². The summed E-state index contributed by atoms with van der Waals surface area (Å²) in [6.07, 6.45) is 1.97. The summed E-state index contributed by atoms with van der Waals surface area (Å²) in [5, 5.41) is 12.2. The van der Waals surface area contributed by atoms with Crippen LogP contribution in [0.5, 0.6) is 0 Å². The third-order valence-electron chi connectivity index (χ3n) is 10.8. The molecular weight excluding hydrogens is 781 g/mol. The number of para-hydroxylation sites is 1. The van der Waals surface area contributed by atoms with Crippen LogP contribution in [0.15, 0.2) is 251 Å². The molecule has 0 radical (unpaired) electrons. The summed E-state index contributed by atoms with van der Waals surface area (Å²) in [5.41, 5.74) is 4.62. The highest BCUT2D eigenvalue weighted by Crippen LogP contribution is 2.51. The van der Waals surface area contributed by atoms with Crippen LogP contribution in [-0.4, -0.2) is 16.0 Å². The molecule has 9 aromatic rings. The molecule has 0 aliphatic carbocycles. The zero-order chi connectivity index (χ0) is 41.3. The number of hydrogen-bond donors (Lipinski definition) is 0. The molecule has 0 fully saturated rings. The summed E-state index contributed by atoms with van der Waals surface area (Å²) >= 11 is 0. The van der Waals surface area contributed by atoms with Gasteiger partial charge in [0.2, 0.25) is 0 Å². The highest BCUT2D eigenvalue weighted by atomic mass is 31.2. The van der Waals surface area contributed by atoms with Crippen molar-refractivity contribution >= 4 is 63.7 Å². The number of aryl methyl sites for hydroxylation is 1. The summed E-state index contributed by atoms with van der Waals surface area (Å²) < 4.78 is 13.8. The van der Waals surface area contributed by atoms with Crippen molar-refractivity contribution in [2.45, 2.75) is 13.5 Å². The van der Waals surface area contributed by atoms with Gasteiger partial charge >= 0.3 is 0 Å². The number of rotatable bonds is 12. The average molecular weight is 826 g/mol. The maximum absolute atomic E-state index is 6.00. The van der Waals surface area contributed by atoms with Crippen LogP contribution in [-0.2, 0) is 6.54 Å². The normalized spacial score (nSPS) is 11.7. The first kappa shape index (κ1) is 39.6. The molecule has 61 heavy (non-hydrogen) atoms. The fraction of sp³-hybridized carbons (Fsp3) is 0.0370. The Morgan fingerprint density at radius 3 is 1.18 bits per heavy atom. The van der Waals surface area contributed by atoms with Gasteiger partial charge in [0, 0.05) is 38.0 Å². The van der Waals surface area contributed by atoms with Crippen LogP contribution in [0.4, 0.5) is 11.5 Å². The number of nitrogens with zero attached hydrogens (tertiary/aromatic N) is 5. The van der Waals surface area contributed by atoms with Crippen molar-refractivity contribution < 1.29 is 0 Å². The molecule has 0 spiro atoms. The fourth-order valence-corrected chi connectivity index (χ4v) is 15.0. The standard InChI is InChI=1S/C54H45N5P2/c1-43-52(42-55-41-44-25-23-24-40-53(44)57-60(46-28-11-3-12-29-46,47-30-13-4-14-31-47)48-32-15-5-16-33-48)54(59(56-43)45-26-9-2-10-27-45)58-61(49-34-17-6-18-35-49,50-36-19-7-20-37-50)51-38-21-8-22-39-51/h2-40,42H,41H2,1H3. The Morgan fingerprint density at radius 1 is 0.426 bits per heavy atom. The van der Waals surface area contributed by atoms with Gasteiger partial charge in [0.05, 0.1) is 43.3 Å². The molecule has 9 rings (SSSR count). The van der Waals surface area contributed by atoms with Crippen molar-refractivity contribution in [2.24, 2.45) is 14.5 Å². The van der Waals surface area contributed by atoms with E-state index in [0.717, 1.165) is 49.9 Å². The van der Waals surface area contributed by atoms with Gasteiger partial charge in [-0.25, -0.2) is 9.43 Å². The zero-order valence-corrected chi connectivity index (χ0v) is 35.7. The highest BCUT2D eigenvalue weighted by molar-refractivity contribution is 7.88. The third kappa shape index (κ3) is 7.95. The number of aliphatic imine (C=N–C) groups is 1. The van der Waals surface area contributed by atoms with Crippen molar-refractivity contribution in [3.8, 4) is 5.69 Å². The number of hydrogen-bond acceptors (Lipinski definition) is 4. The van der Waals surface area contributed by atoms with E-state index in [4.69, 9.17) is 19.6 Å². The Bertz CT molecular complexity index is 2780. The lowest BCUT2D eigenvalue weighted by Crippen LogP contribution is -2.25. The molecule has 0 saturated heterocycles. The van der Waals surface area contributed by atoms with E-state index in [2.05, 4.69) is 225 Å². The Hall–Kier alpha value is -6.90. The van der Waals surface area contributed by atoms with E-state index in [9.17, 15) is 0 Å². The molecule has 0 aliphatic rings. The largest absolute Gasteiger partial charge is 0.288 e. The Morgan fingerprint density at radius 2 is 0.770 bits per heavy atom. The molecule has 0 aliphatic heterocycles. The first-order valence-electron chi connectivity index (χ1n) is 20.5. The summed E-state index contributed by atoms with van der Waals surface area (Å²) in [6.45, 7) is 2.47. The van der Waals surface area contributed by atoms with Gasteiger partial charge in [0.1, 0.15) is 0 Å². The van der Waals surface area contributed by atoms with Crippen molar-refractivity contribution in [2.75, 3.05) is 0 Å². The molecular formula is C54H45N5P2. The summed E-state index contributed by atoms with van der Waals surface area (Å²) in [5.74, 6) is 0.762. The third-order valence-corrected chi connectivity index (χ3v) is 18.1. The number of benzene rings is 8.